The smallest absolute Gasteiger partial charge is 0.342 e. The summed E-state index contributed by atoms with van der Waals surface area (Å²) in [5.74, 6) is 0.195. The number of carbonyl (C=O) groups excluding carboxylic acids is 1. The standard InChI is InChI=1S/C14H26F3N3O.2ClH/c1-3-19(10-14(15,16)17)8-12-6-7-20(9-12)13(21)5-4-11(2)18;;/h11-12H,3-10,18H2,1-2H3;2*1H. The van der Waals surface area contributed by atoms with Gasteiger partial charge >= 0.3 is 6.18 Å². The number of halogens is 5. The summed E-state index contributed by atoms with van der Waals surface area (Å²) in [4.78, 5) is 15.1. The Morgan fingerprint density at radius 1 is 1.39 bits per heavy atom. The lowest BCUT2D eigenvalue weighted by Crippen LogP contribution is -2.38. The van der Waals surface area contributed by atoms with Crippen LogP contribution in [0, 0.1) is 5.92 Å². The number of likely N-dealkylation sites (tertiary alicyclic amines) is 1. The molecule has 1 aliphatic rings. The second kappa shape index (κ2) is 11.3. The number of hydrogen-bond donors (Lipinski definition) is 1. The number of alkyl halides is 3. The van der Waals surface area contributed by atoms with Crippen molar-refractivity contribution in [1.29, 1.82) is 0 Å². The van der Waals surface area contributed by atoms with E-state index in [2.05, 4.69) is 0 Å². The zero-order valence-corrected chi connectivity index (χ0v) is 15.3. The van der Waals surface area contributed by atoms with Crippen molar-refractivity contribution in [2.24, 2.45) is 11.7 Å². The summed E-state index contributed by atoms with van der Waals surface area (Å²) in [7, 11) is 0. The number of nitrogens with zero attached hydrogens (tertiary/aromatic N) is 2. The van der Waals surface area contributed by atoms with E-state index in [-0.39, 0.29) is 42.7 Å². The van der Waals surface area contributed by atoms with Gasteiger partial charge in [-0.05, 0) is 32.2 Å². The summed E-state index contributed by atoms with van der Waals surface area (Å²) in [6.45, 7) is 4.68. The van der Waals surface area contributed by atoms with Gasteiger partial charge < -0.3 is 10.6 Å². The number of nitrogens with two attached hydrogens (primary N) is 1. The number of hydrogen-bond acceptors (Lipinski definition) is 3. The Bertz CT molecular complexity index is 344. The topological polar surface area (TPSA) is 49.6 Å². The summed E-state index contributed by atoms with van der Waals surface area (Å²) in [6.07, 6.45) is -2.32. The second-order valence-corrected chi connectivity index (χ2v) is 5.95. The van der Waals surface area contributed by atoms with Crippen molar-refractivity contribution < 1.29 is 18.0 Å². The van der Waals surface area contributed by atoms with Crippen molar-refractivity contribution in [3.63, 3.8) is 0 Å². The third-order valence-corrected chi connectivity index (χ3v) is 3.82. The van der Waals surface area contributed by atoms with Crippen LogP contribution in [0.1, 0.15) is 33.1 Å². The third-order valence-electron chi connectivity index (χ3n) is 3.82. The lowest BCUT2D eigenvalue weighted by Gasteiger charge is -2.25. The minimum atomic E-state index is -4.17. The van der Waals surface area contributed by atoms with Crippen LogP contribution < -0.4 is 5.73 Å². The molecule has 1 amide bonds. The molecule has 9 heteroatoms. The van der Waals surface area contributed by atoms with Crippen molar-refractivity contribution in [3.05, 3.63) is 0 Å². The highest BCUT2D eigenvalue weighted by Gasteiger charge is 2.33. The zero-order chi connectivity index (χ0) is 16.0. The van der Waals surface area contributed by atoms with Gasteiger partial charge in [-0.3, -0.25) is 9.69 Å². The fourth-order valence-electron chi connectivity index (χ4n) is 2.64. The van der Waals surface area contributed by atoms with Gasteiger partial charge in [0.25, 0.3) is 0 Å². The highest BCUT2D eigenvalue weighted by Crippen LogP contribution is 2.22. The molecule has 1 rings (SSSR count). The SMILES string of the molecule is CCN(CC1CCN(C(=O)CCC(C)N)C1)CC(F)(F)F.Cl.Cl. The van der Waals surface area contributed by atoms with Crippen LogP contribution in [0.15, 0.2) is 0 Å². The van der Waals surface area contributed by atoms with Crippen molar-refractivity contribution >= 4 is 30.7 Å². The van der Waals surface area contributed by atoms with Crippen LogP contribution >= 0.6 is 24.8 Å². The summed E-state index contributed by atoms with van der Waals surface area (Å²) in [6, 6.07) is -0.00489. The van der Waals surface area contributed by atoms with E-state index < -0.39 is 12.7 Å². The molecule has 0 saturated carbocycles. The fourth-order valence-corrected chi connectivity index (χ4v) is 2.64. The molecule has 2 atom stereocenters. The quantitative estimate of drug-likeness (QED) is 0.737. The molecule has 0 spiro atoms. The first-order valence-corrected chi connectivity index (χ1v) is 7.53. The second-order valence-electron chi connectivity index (χ2n) is 5.95. The van der Waals surface area contributed by atoms with Gasteiger partial charge in [0.05, 0.1) is 6.54 Å². The molecule has 4 nitrogen and oxygen atoms in total. The third kappa shape index (κ3) is 10.3. The van der Waals surface area contributed by atoms with E-state index in [1.54, 1.807) is 11.8 Å². The monoisotopic (exact) mass is 381 g/mol. The molecule has 1 aliphatic heterocycles. The van der Waals surface area contributed by atoms with Crippen LogP contribution in [0.3, 0.4) is 0 Å². The van der Waals surface area contributed by atoms with Crippen molar-refractivity contribution in [1.82, 2.24) is 9.80 Å². The van der Waals surface area contributed by atoms with Crippen molar-refractivity contribution in [3.8, 4) is 0 Å². The summed E-state index contributed by atoms with van der Waals surface area (Å²) in [5.41, 5.74) is 5.63. The molecule has 0 aromatic heterocycles. The Kier molecular flexibility index (Phi) is 12.3. The Morgan fingerprint density at radius 3 is 2.48 bits per heavy atom. The van der Waals surface area contributed by atoms with Gasteiger partial charge in [-0.25, -0.2) is 0 Å². The van der Waals surface area contributed by atoms with Gasteiger partial charge in [0.1, 0.15) is 0 Å². The van der Waals surface area contributed by atoms with E-state index in [1.807, 2.05) is 6.92 Å². The maximum Gasteiger partial charge on any atom is 0.401 e. The van der Waals surface area contributed by atoms with Gasteiger partial charge in [-0.15, -0.1) is 24.8 Å². The van der Waals surface area contributed by atoms with E-state index in [0.29, 0.717) is 39.0 Å². The van der Waals surface area contributed by atoms with Crippen LogP contribution in [-0.2, 0) is 4.79 Å². The maximum absolute atomic E-state index is 12.4. The minimum Gasteiger partial charge on any atom is -0.342 e. The average Bonchev–Trinajstić information content (AvgIpc) is 2.82. The first kappa shape index (κ1) is 25.0. The molecule has 1 saturated heterocycles. The average molecular weight is 382 g/mol. The number of carbonyl (C=O) groups is 1. The van der Waals surface area contributed by atoms with Crippen LogP contribution in [0.25, 0.3) is 0 Å². The zero-order valence-electron chi connectivity index (χ0n) is 13.6. The molecule has 0 radical (unpaired) electrons. The van der Waals surface area contributed by atoms with Gasteiger partial charge in [0.2, 0.25) is 5.91 Å². The van der Waals surface area contributed by atoms with Crippen LogP contribution in [-0.4, -0.2) is 60.6 Å². The normalized spacial score (nSPS) is 19.3. The van der Waals surface area contributed by atoms with E-state index in [4.69, 9.17) is 5.73 Å². The maximum atomic E-state index is 12.4. The first-order valence-electron chi connectivity index (χ1n) is 7.53. The van der Waals surface area contributed by atoms with E-state index >= 15 is 0 Å². The fraction of sp³-hybridized carbons (Fsp3) is 0.929. The molecule has 1 fully saturated rings. The lowest BCUT2D eigenvalue weighted by molar-refractivity contribution is -0.146. The highest BCUT2D eigenvalue weighted by molar-refractivity contribution is 5.85. The Balaban J connectivity index is 0. The van der Waals surface area contributed by atoms with Crippen molar-refractivity contribution in [2.75, 3.05) is 32.7 Å². The molecule has 140 valence electrons. The van der Waals surface area contributed by atoms with Crippen LogP contribution in [0.2, 0.25) is 0 Å². The Hall–Kier alpha value is -0.240. The lowest BCUT2D eigenvalue weighted by atomic mass is 10.1. The molecule has 0 aliphatic carbocycles. The van der Waals surface area contributed by atoms with Crippen LogP contribution in [0.5, 0.6) is 0 Å². The molecular formula is C14H28Cl2F3N3O. The Labute approximate surface area is 148 Å². The molecule has 0 bridgehead atoms. The molecule has 0 aromatic carbocycles. The van der Waals surface area contributed by atoms with E-state index in [0.717, 1.165) is 6.42 Å². The molecule has 23 heavy (non-hydrogen) atoms. The predicted octanol–water partition coefficient (Wildman–Crippen LogP) is 2.69. The molecule has 0 aromatic rings. The minimum absolute atomic E-state index is 0. The summed E-state index contributed by atoms with van der Waals surface area (Å²) < 4.78 is 37.3. The largest absolute Gasteiger partial charge is 0.401 e. The highest BCUT2D eigenvalue weighted by atomic mass is 35.5. The van der Waals surface area contributed by atoms with Gasteiger partial charge in [-0.2, -0.15) is 13.2 Å². The van der Waals surface area contributed by atoms with Gasteiger partial charge in [-0.1, -0.05) is 6.92 Å². The van der Waals surface area contributed by atoms with Crippen molar-refractivity contribution in [2.45, 2.75) is 45.3 Å². The molecular weight excluding hydrogens is 354 g/mol. The molecule has 2 N–H and O–H groups in total. The molecule has 2 unspecified atom stereocenters. The van der Waals surface area contributed by atoms with Gasteiger partial charge in [0, 0.05) is 32.1 Å². The van der Waals surface area contributed by atoms with Gasteiger partial charge in [0.15, 0.2) is 0 Å². The van der Waals surface area contributed by atoms with Crippen LogP contribution in [0.4, 0.5) is 13.2 Å². The predicted molar refractivity (Wildman–Crippen MR) is 90.2 cm³/mol. The Morgan fingerprint density at radius 2 is 2.00 bits per heavy atom. The summed E-state index contributed by atoms with van der Waals surface area (Å²) >= 11 is 0. The van der Waals surface area contributed by atoms with E-state index in [1.165, 1.54) is 4.90 Å². The molecule has 1 heterocycles. The summed E-state index contributed by atoms with van der Waals surface area (Å²) in [5, 5.41) is 0. The first-order chi connectivity index (χ1) is 9.71. The number of amides is 1. The van der Waals surface area contributed by atoms with E-state index in [9.17, 15) is 18.0 Å². The number of rotatable bonds is 7.